The zero-order valence-electron chi connectivity index (χ0n) is 4.68. The van der Waals surface area contributed by atoms with Crippen molar-refractivity contribution >= 4 is 12.6 Å². The largest absolute Gasteiger partial charge is 0.371 e. The van der Waals surface area contributed by atoms with Gasteiger partial charge in [-0.25, -0.2) is 0 Å². The lowest BCUT2D eigenvalue weighted by Gasteiger charge is -1.94. The smallest absolute Gasteiger partial charge is 0.0892 e. The summed E-state index contributed by atoms with van der Waals surface area (Å²) in [5.74, 6) is 0.556. The Kier molecular flexibility index (Phi) is 6.59. The van der Waals surface area contributed by atoms with Crippen LogP contribution >= 0.6 is 12.6 Å². The van der Waals surface area contributed by atoms with Gasteiger partial charge in [-0.3, -0.25) is 0 Å². The minimum Gasteiger partial charge on any atom is -0.371 e. The normalized spacial score (nSPS) is 9.43. The average Bonchev–Trinajstić information content (AvgIpc) is 1.69. The number of hydrogen-bond acceptors (Lipinski definition) is 2. The SMILES string of the molecule is CCCCOCS. The van der Waals surface area contributed by atoms with Crippen LogP contribution < -0.4 is 0 Å². The molecule has 0 rings (SSSR count). The molecular formula is C5H12OS. The van der Waals surface area contributed by atoms with Crippen LogP contribution in [0.15, 0.2) is 0 Å². The highest BCUT2D eigenvalue weighted by Gasteiger charge is 1.78. The van der Waals surface area contributed by atoms with Crippen LogP contribution in [0.3, 0.4) is 0 Å². The van der Waals surface area contributed by atoms with E-state index in [1.165, 1.54) is 6.42 Å². The third-order valence-corrected chi connectivity index (χ3v) is 0.916. The van der Waals surface area contributed by atoms with E-state index < -0.39 is 0 Å². The van der Waals surface area contributed by atoms with Crippen LogP contribution in [0.4, 0.5) is 0 Å². The van der Waals surface area contributed by atoms with Crippen molar-refractivity contribution in [2.24, 2.45) is 0 Å². The number of ether oxygens (including phenoxy) is 1. The molecule has 0 aliphatic rings. The predicted octanol–water partition coefficient (Wildman–Crippen LogP) is 1.69. The highest BCUT2D eigenvalue weighted by atomic mass is 32.1. The van der Waals surface area contributed by atoms with Crippen LogP contribution in [0.25, 0.3) is 0 Å². The van der Waals surface area contributed by atoms with Crippen molar-refractivity contribution in [2.45, 2.75) is 19.8 Å². The van der Waals surface area contributed by atoms with Crippen LogP contribution in [0.1, 0.15) is 19.8 Å². The Bertz CT molecular complexity index is 27.3. The van der Waals surface area contributed by atoms with Crippen LogP contribution in [0.5, 0.6) is 0 Å². The summed E-state index contributed by atoms with van der Waals surface area (Å²) in [6.45, 7) is 3.00. The van der Waals surface area contributed by atoms with Gasteiger partial charge in [0.1, 0.15) is 0 Å². The van der Waals surface area contributed by atoms with E-state index in [1.807, 2.05) is 0 Å². The zero-order chi connectivity index (χ0) is 5.54. The predicted molar refractivity (Wildman–Crippen MR) is 34.7 cm³/mol. The summed E-state index contributed by atoms with van der Waals surface area (Å²) in [4.78, 5) is 0. The van der Waals surface area contributed by atoms with E-state index in [-0.39, 0.29) is 0 Å². The first-order valence-electron chi connectivity index (χ1n) is 2.60. The van der Waals surface area contributed by atoms with E-state index in [4.69, 9.17) is 4.74 Å². The molecule has 0 saturated heterocycles. The Morgan fingerprint density at radius 2 is 2.29 bits per heavy atom. The van der Waals surface area contributed by atoms with Gasteiger partial charge < -0.3 is 4.74 Å². The Morgan fingerprint density at radius 3 is 2.71 bits per heavy atom. The van der Waals surface area contributed by atoms with Crippen molar-refractivity contribution in [3.8, 4) is 0 Å². The molecule has 7 heavy (non-hydrogen) atoms. The molecule has 0 atom stereocenters. The topological polar surface area (TPSA) is 9.23 Å². The van der Waals surface area contributed by atoms with E-state index in [0.717, 1.165) is 13.0 Å². The molecule has 0 radical (unpaired) electrons. The molecular weight excluding hydrogens is 108 g/mol. The van der Waals surface area contributed by atoms with Crippen LogP contribution in [-0.4, -0.2) is 12.5 Å². The van der Waals surface area contributed by atoms with Crippen molar-refractivity contribution in [3.05, 3.63) is 0 Å². The van der Waals surface area contributed by atoms with Gasteiger partial charge in [-0.15, -0.1) is 0 Å². The second-order valence-corrected chi connectivity index (χ2v) is 1.65. The number of hydrogen-bond donors (Lipinski definition) is 1. The highest BCUT2D eigenvalue weighted by molar-refractivity contribution is 7.80. The molecule has 0 aromatic heterocycles. The summed E-state index contributed by atoms with van der Waals surface area (Å²) < 4.78 is 4.94. The molecule has 0 aliphatic carbocycles. The lowest BCUT2D eigenvalue weighted by molar-refractivity contribution is 0.180. The van der Waals surface area contributed by atoms with E-state index in [0.29, 0.717) is 5.94 Å². The summed E-state index contributed by atoms with van der Waals surface area (Å²) in [5.41, 5.74) is 0. The molecule has 0 amide bonds. The van der Waals surface area contributed by atoms with Crippen LogP contribution in [-0.2, 0) is 4.74 Å². The number of unbranched alkanes of at least 4 members (excludes halogenated alkanes) is 1. The first-order chi connectivity index (χ1) is 3.41. The molecule has 0 aromatic rings. The van der Waals surface area contributed by atoms with E-state index in [9.17, 15) is 0 Å². The van der Waals surface area contributed by atoms with Crippen LogP contribution in [0, 0.1) is 0 Å². The van der Waals surface area contributed by atoms with E-state index >= 15 is 0 Å². The number of thiol groups is 1. The molecule has 0 heterocycles. The molecule has 0 unspecified atom stereocenters. The van der Waals surface area contributed by atoms with Crippen molar-refractivity contribution < 1.29 is 4.74 Å². The van der Waals surface area contributed by atoms with Gasteiger partial charge in [-0.05, 0) is 6.42 Å². The first-order valence-corrected chi connectivity index (χ1v) is 3.23. The van der Waals surface area contributed by atoms with Gasteiger partial charge in [0.05, 0.1) is 5.94 Å². The fourth-order valence-corrected chi connectivity index (χ4v) is 0.440. The molecule has 0 bridgehead atoms. The quantitative estimate of drug-likeness (QED) is 0.337. The molecule has 2 heteroatoms. The monoisotopic (exact) mass is 120 g/mol. The van der Waals surface area contributed by atoms with Crippen LogP contribution in [0.2, 0.25) is 0 Å². The maximum Gasteiger partial charge on any atom is 0.0892 e. The molecule has 1 nitrogen and oxygen atoms in total. The van der Waals surface area contributed by atoms with Gasteiger partial charge in [0, 0.05) is 6.61 Å². The summed E-state index contributed by atoms with van der Waals surface area (Å²) in [6.07, 6.45) is 2.36. The molecule has 0 fully saturated rings. The molecule has 0 saturated carbocycles. The fourth-order valence-electron chi connectivity index (χ4n) is 0.311. The van der Waals surface area contributed by atoms with Crippen molar-refractivity contribution in [2.75, 3.05) is 12.5 Å². The molecule has 44 valence electrons. The van der Waals surface area contributed by atoms with Gasteiger partial charge in [0.25, 0.3) is 0 Å². The van der Waals surface area contributed by atoms with E-state index in [2.05, 4.69) is 19.6 Å². The third kappa shape index (κ3) is 6.31. The highest BCUT2D eigenvalue weighted by Crippen LogP contribution is 1.87. The van der Waals surface area contributed by atoms with Gasteiger partial charge in [-0.2, -0.15) is 12.6 Å². The molecule has 0 aromatic carbocycles. The Labute approximate surface area is 50.5 Å². The van der Waals surface area contributed by atoms with Gasteiger partial charge >= 0.3 is 0 Å². The van der Waals surface area contributed by atoms with Gasteiger partial charge in [0.2, 0.25) is 0 Å². The summed E-state index contributed by atoms with van der Waals surface area (Å²) >= 11 is 3.87. The lowest BCUT2D eigenvalue weighted by Crippen LogP contribution is -1.89. The lowest BCUT2D eigenvalue weighted by atomic mass is 10.4. The summed E-state index contributed by atoms with van der Waals surface area (Å²) in [5, 5.41) is 0. The van der Waals surface area contributed by atoms with Crippen molar-refractivity contribution in [1.29, 1.82) is 0 Å². The Hall–Kier alpha value is 0.310. The van der Waals surface area contributed by atoms with Crippen molar-refractivity contribution in [3.63, 3.8) is 0 Å². The zero-order valence-corrected chi connectivity index (χ0v) is 5.58. The standard InChI is InChI=1S/C5H12OS/c1-2-3-4-6-5-7/h7H,2-5H2,1H3. The van der Waals surface area contributed by atoms with Gasteiger partial charge in [0.15, 0.2) is 0 Å². The molecule has 0 N–H and O–H groups in total. The minimum atomic E-state index is 0.556. The minimum absolute atomic E-state index is 0.556. The number of rotatable bonds is 4. The maximum atomic E-state index is 4.94. The Morgan fingerprint density at radius 1 is 1.57 bits per heavy atom. The first kappa shape index (κ1) is 7.31. The second-order valence-electron chi connectivity index (χ2n) is 1.39. The third-order valence-electron chi connectivity index (χ3n) is 0.734. The second kappa shape index (κ2) is 6.31. The summed E-state index contributed by atoms with van der Waals surface area (Å²) in [6, 6.07) is 0. The molecule has 0 spiro atoms. The van der Waals surface area contributed by atoms with Gasteiger partial charge in [-0.1, -0.05) is 13.3 Å². The fraction of sp³-hybridized carbons (Fsp3) is 1.00. The Balaban J connectivity index is 2.45. The molecule has 0 aliphatic heterocycles. The average molecular weight is 120 g/mol. The van der Waals surface area contributed by atoms with Crippen molar-refractivity contribution in [1.82, 2.24) is 0 Å². The maximum absolute atomic E-state index is 4.94. The van der Waals surface area contributed by atoms with E-state index in [1.54, 1.807) is 0 Å². The summed E-state index contributed by atoms with van der Waals surface area (Å²) in [7, 11) is 0.